The van der Waals surface area contributed by atoms with E-state index in [1.54, 1.807) is 0 Å². The molecule has 19 heavy (non-hydrogen) atoms. The zero-order valence-electron chi connectivity index (χ0n) is 11.4. The first kappa shape index (κ1) is 12.6. The maximum absolute atomic E-state index is 6.07. The van der Waals surface area contributed by atoms with Crippen LogP contribution in [-0.4, -0.2) is 29.0 Å². The highest BCUT2D eigenvalue weighted by Gasteiger charge is 2.33. The number of rotatable bonds is 5. The molecule has 1 aliphatic carbocycles. The molecule has 2 N–H and O–H groups in total. The van der Waals surface area contributed by atoms with Crippen molar-refractivity contribution in [2.24, 2.45) is 5.73 Å². The van der Waals surface area contributed by atoms with Gasteiger partial charge in [-0.2, -0.15) is 0 Å². The molecule has 0 aliphatic heterocycles. The van der Waals surface area contributed by atoms with Crippen LogP contribution < -0.4 is 5.73 Å². The van der Waals surface area contributed by atoms with Gasteiger partial charge in [0.2, 0.25) is 0 Å². The summed E-state index contributed by atoms with van der Waals surface area (Å²) in [5.41, 5.74) is 7.34. The van der Waals surface area contributed by atoms with E-state index in [1.807, 2.05) is 12.4 Å². The molecule has 1 aromatic carbocycles. The van der Waals surface area contributed by atoms with E-state index in [1.165, 1.54) is 29.2 Å². The number of benzene rings is 1. The van der Waals surface area contributed by atoms with Gasteiger partial charge in [0.25, 0.3) is 0 Å². The zero-order chi connectivity index (χ0) is 13.2. The minimum Gasteiger partial charge on any atom is -0.329 e. The summed E-state index contributed by atoms with van der Waals surface area (Å²) in [6.07, 6.45) is 6.54. The summed E-state index contributed by atoms with van der Waals surface area (Å²) in [6, 6.07) is 9.45. The Morgan fingerprint density at radius 3 is 2.79 bits per heavy atom. The second kappa shape index (κ2) is 5.27. The lowest BCUT2D eigenvalue weighted by atomic mass is 10.00. The predicted molar refractivity (Wildman–Crippen MR) is 78.9 cm³/mol. The van der Waals surface area contributed by atoms with Crippen LogP contribution in [-0.2, 0) is 0 Å². The van der Waals surface area contributed by atoms with Gasteiger partial charge in [0.1, 0.15) is 0 Å². The molecule has 1 heterocycles. The van der Waals surface area contributed by atoms with Gasteiger partial charge in [-0.05, 0) is 30.3 Å². The lowest BCUT2D eigenvalue weighted by molar-refractivity contribution is 0.203. The Balaban J connectivity index is 2.05. The molecule has 1 unspecified atom stereocenters. The van der Waals surface area contributed by atoms with Crippen molar-refractivity contribution in [3.8, 4) is 0 Å². The van der Waals surface area contributed by atoms with Gasteiger partial charge in [0.15, 0.2) is 0 Å². The Morgan fingerprint density at radius 2 is 2.11 bits per heavy atom. The third-order valence-electron chi connectivity index (χ3n) is 4.06. The highest BCUT2D eigenvalue weighted by atomic mass is 15.2. The molecule has 1 fully saturated rings. The molecule has 2 aromatic rings. The summed E-state index contributed by atoms with van der Waals surface area (Å²) in [5, 5.41) is 2.48. The minimum absolute atomic E-state index is 0.288. The molecule has 0 radical (unpaired) electrons. The smallest absolute Gasteiger partial charge is 0.0494 e. The van der Waals surface area contributed by atoms with Crippen molar-refractivity contribution in [2.45, 2.75) is 31.8 Å². The largest absolute Gasteiger partial charge is 0.329 e. The predicted octanol–water partition coefficient (Wildman–Crippen LogP) is 2.72. The summed E-state index contributed by atoms with van der Waals surface area (Å²) in [5.74, 6) is 0. The standard InChI is InChI=1S/C16H21N3/c1-2-19(13-7-8-13)16(9-17)15-11-18-10-12-5-3-4-6-14(12)15/h3-6,10-11,13,16H,2,7-9,17H2,1H3. The van der Waals surface area contributed by atoms with Crippen LogP contribution in [0.4, 0.5) is 0 Å². The molecule has 1 aliphatic rings. The van der Waals surface area contributed by atoms with Gasteiger partial charge < -0.3 is 5.73 Å². The van der Waals surface area contributed by atoms with Gasteiger partial charge >= 0.3 is 0 Å². The van der Waals surface area contributed by atoms with Gasteiger partial charge in [-0.15, -0.1) is 0 Å². The molecule has 1 atom stereocenters. The van der Waals surface area contributed by atoms with Crippen molar-refractivity contribution in [3.05, 3.63) is 42.2 Å². The van der Waals surface area contributed by atoms with Gasteiger partial charge in [-0.25, -0.2) is 0 Å². The van der Waals surface area contributed by atoms with Crippen molar-refractivity contribution < 1.29 is 0 Å². The monoisotopic (exact) mass is 255 g/mol. The average Bonchev–Trinajstić information content (AvgIpc) is 3.29. The van der Waals surface area contributed by atoms with Crippen LogP contribution in [0.1, 0.15) is 31.4 Å². The van der Waals surface area contributed by atoms with Crippen LogP contribution >= 0.6 is 0 Å². The first-order chi connectivity index (χ1) is 9.35. The summed E-state index contributed by atoms with van der Waals surface area (Å²) >= 11 is 0. The van der Waals surface area contributed by atoms with Crippen LogP contribution in [0, 0.1) is 0 Å². The van der Waals surface area contributed by atoms with E-state index >= 15 is 0 Å². The van der Waals surface area contributed by atoms with E-state index in [4.69, 9.17) is 5.73 Å². The van der Waals surface area contributed by atoms with E-state index in [0.717, 1.165) is 12.6 Å². The second-order valence-corrected chi connectivity index (χ2v) is 5.26. The van der Waals surface area contributed by atoms with Crippen LogP contribution in [0.5, 0.6) is 0 Å². The zero-order valence-corrected chi connectivity index (χ0v) is 11.4. The Morgan fingerprint density at radius 1 is 1.32 bits per heavy atom. The van der Waals surface area contributed by atoms with Crippen molar-refractivity contribution in [3.63, 3.8) is 0 Å². The highest BCUT2D eigenvalue weighted by Crippen LogP contribution is 2.35. The first-order valence-electron chi connectivity index (χ1n) is 7.13. The van der Waals surface area contributed by atoms with E-state index in [9.17, 15) is 0 Å². The van der Waals surface area contributed by atoms with Crippen LogP contribution in [0.15, 0.2) is 36.7 Å². The fourth-order valence-electron chi connectivity index (χ4n) is 2.99. The number of hydrogen-bond acceptors (Lipinski definition) is 3. The SMILES string of the molecule is CCN(C1CC1)C(CN)c1cncc2ccccc12. The van der Waals surface area contributed by atoms with Gasteiger partial charge in [0, 0.05) is 36.4 Å². The Labute approximate surface area is 114 Å². The lowest BCUT2D eigenvalue weighted by Gasteiger charge is -2.30. The number of nitrogens with two attached hydrogens (primary N) is 1. The van der Waals surface area contributed by atoms with Crippen LogP contribution in [0.2, 0.25) is 0 Å². The Kier molecular flexibility index (Phi) is 3.49. The summed E-state index contributed by atoms with van der Waals surface area (Å²) in [4.78, 5) is 6.93. The van der Waals surface area contributed by atoms with Crippen molar-refractivity contribution in [1.82, 2.24) is 9.88 Å². The third-order valence-corrected chi connectivity index (χ3v) is 4.06. The molecule has 1 aromatic heterocycles. The first-order valence-corrected chi connectivity index (χ1v) is 7.13. The van der Waals surface area contributed by atoms with Gasteiger partial charge in [-0.3, -0.25) is 9.88 Å². The number of aromatic nitrogens is 1. The fourth-order valence-corrected chi connectivity index (χ4v) is 2.99. The number of pyridine rings is 1. The van der Waals surface area contributed by atoms with E-state index < -0.39 is 0 Å². The number of hydrogen-bond donors (Lipinski definition) is 1. The maximum Gasteiger partial charge on any atom is 0.0494 e. The summed E-state index contributed by atoms with van der Waals surface area (Å²) in [6.45, 7) is 3.93. The highest BCUT2D eigenvalue weighted by molar-refractivity contribution is 5.85. The van der Waals surface area contributed by atoms with E-state index in [2.05, 4.69) is 41.1 Å². The van der Waals surface area contributed by atoms with Crippen molar-refractivity contribution in [2.75, 3.05) is 13.1 Å². The van der Waals surface area contributed by atoms with E-state index in [-0.39, 0.29) is 6.04 Å². The number of likely N-dealkylation sites (N-methyl/N-ethyl adjacent to an activating group) is 1. The van der Waals surface area contributed by atoms with Crippen LogP contribution in [0.3, 0.4) is 0 Å². The van der Waals surface area contributed by atoms with Crippen molar-refractivity contribution >= 4 is 10.8 Å². The second-order valence-electron chi connectivity index (χ2n) is 5.26. The Hall–Kier alpha value is -1.45. The summed E-state index contributed by atoms with van der Waals surface area (Å²) in [7, 11) is 0. The molecule has 0 amide bonds. The molecule has 100 valence electrons. The molecule has 3 nitrogen and oxygen atoms in total. The van der Waals surface area contributed by atoms with Crippen LogP contribution in [0.25, 0.3) is 10.8 Å². The molecule has 1 saturated carbocycles. The normalized spacial score (nSPS) is 17.0. The van der Waals surface area contributed by atoms with E-state index in [0.29, 0.717) is 6.54 Å². The molecule has 0 spiro atoms. The van der Waals surface area contributed by atoms with Gasteiger partial charge in [0.05, 0.1) is 0 Å². The van der Waals surface area contributed by atoms with Gasteiger partial charge in [-0.1, -0.05) is 31.2 Å². The molecular weight excluding hydrogens is 234 g/mol. The maximum atomic E-state index is 6.07. The molecule has 3 heteroatoms. The van der Waals surface area contributed by atoms with Crippen molar-refractivity contribution in [1.29, 1.82) is 0 Å². The summed E-state index contributed by atoms with van der Waals surface area (Å²) < 4.78 is 0. The molecule has 0 bridgehead atoms. The molecule has 0 saturated heterocycles. The minimum atomic E-state index is 0.288. The average molecular weight is 255 g/mol. The number of nitrogens with zero attached hydrogens (tertiary/aromatic N) is 2. The fraction of sp³-hybridized carbons (Fsp3) is 0.438. The quantitative estimate of drug-likeness (QED) is 0.893. The topological polar surface area (TPSA) is 42.1 Å². The Bertz CT molecular complexity index is 557. The lowest BCUT2D eigenvalue weighted by Crippen LogP contribution is -2.35. The molecular formula is C16H21N3. The molecule has 3 rings (SSSR count). The number of fused-ring (bicyclic) bond motifs is 1. The third kappa shape index (κ3) is 2.36.